The molecule has 6 heterocycles. The Hall–Kier alpha value is -19.7. The highest BCUT2D eigenvalue weighted by Gasteiger charge is 2.28. The zero-order valence-corrected chi connectivity index (χ0v) is 80.5. The van der Waals surface area contributed by atoms with Gasteiger partial charge >= 0.3 is 0 Å². The SMILES string of the molecule is c1ccc(-n2c3ccccc3c3cc(-c4ccc(-n5c6cc7ccccc7cc6c6c7ccccc7c7ccccc7c65)cc4)ccc32)cc1.c1ccc(-n2c3ccccc3c3cc(-c4ccc(-n5c6ccc7ccccc7c6c6c7ccccc7c7ccccc7c65)cc4)ccc32)cc1.c1ccc2cc(-n3c4ccccc4c4cc(-n5c6c7ccccc7ccc6c6c7ccccc7c7ccccc7c65)ccc43)ccc2c1. The molecule has 0 atom stereocenters. The third kappa shape index (κ3) is 12.6. The topological polar surface area (TPSA) is 29.6 Å². The lowest BCUT2D eigenvalue weighted by Gasteiger charge is -2.14. The highest BCUT2D eigenvalue weighted by molar-refractivity contribution is 6.38. The van der Waals surface area contributed by atoms with E-state index in [1.165, 1.54) is 284 Å². The van der Waals surface area contributed by atoms with Gasteiger partial charge in [0, 0.05) is 120 Å². The molecule has 686 valence electrons. The van der Waals surface area contributed by atoms with E-state index in [1.807, 2.05) is 0 Å². The van der Waals surface area contributed by atoms with Gasteiger partial charge in [0.2, 0.25) is 0 Å². The first kappa shape index (κ1) is 83.0. The van der Waals surface area contributed by atoms with Crippen LogP contribution in [-0.2, 0) is 0 Å². The summed E-state index contributed by atoms with van der Waals surface area (Å²) in [5.41, 5.74) is 26.6. The number of para-hydroxylation sites is 5. The summed E-state index contributed by atoms with van der Waals surface area (Å²) >= 11 is 0. The number of aromatic nitrogens is 6. The second kappa shape index (κ2) is 33.0. The van der Waals surface area contributed by atoms with Crippen LogP contribution in [0, 0.1) is 0 Å². The first-order valence-electron chi connectivity index (χ1n) is 51.2. The average molecular weight is 1880 g/mol. The van der Waals surface area contributed by atoms with Crippen molar-refractivity contribution in [2.24, 2.45) is 0 Å². The zero-order valence-electron chi connectivity index (χ0n) is 80.5. The quantitative estimate of drug-likeness (QED) is 0.136. The molecule has 0 unspecified atom stereocenters. The van der Waals surface area contributed by atoms with Gasteiger partial charge in [0.15, 0.2) is 0 Å². The van der Waals surface area contributed by atoms with Crippen molar-refractivity contribution in [3.05, 3.63) is 534 Å². The molecule has 0 N–H and O–H groups in total. The fraction of sp³-hybridized carbons (Fsp3) is 0. The van der Waals surface area contributed by atoms with E-state index in [0.29, 0.717) is 0 Å². The Morgan fingerprint density at radius 2 is 0.385 bits per heavy atom. The molecule has 0 bridgehead atoms. The predicted molar refractivity (Wildman–Crippen MR) is 631 cm³/mol. The van der Waals surface area contributed by atoms with Gasteiger partial charge in [0.05, 0.1) is 66.2 Å². The minimum atomic E-state index is 1.16. The van der Waals surface area contributed by atoms with Crippen molar-refractivity contribution >= 4 is 239 Å². The van der Waals surface area contributed by atoms with Crippen LogP contribution in [0.4, 0.5) is 0 Å². The van der Waals surface area contributed by atoms with Gasteiger partial charge in [-0.05, 0) is 248 Å². The molecule has 33 rings (SSSR count). The molecule has 0 aliphatic rings. The molecular formula is C142H88N6. The molecule has 0 spiro atoms. The van der Waals surface area contributed by atoms with Crippen LogP contribution in [0.1, 0.15) is 0 Å². The van der Waals surface area contributed by atoms with Gasteiger partial charge < -0.3 is 27.4 Å². The predicted octanol–water partition coefficient (Wildman–Crippen LogP) is 38.5. The maximum absolute atomic E-state index is 2.54. The number of rotatable bonds is 8. The monoisotopic (exact) mass is 1880 g/mol. The van der Waals surface area contributed by atoms with Crippen LogP contribution < -0.4 is 0 Å². The van der Waals surface area contributed by atoms with E-state index >= 15 is 0 Å². The number of nitrogens with zero attached hydrogens (tertiary/aromatic N) is 6. The van der Waals surface area contributed by atoms with E-state index in [1.54, 1.807) is 0 Å². The Kier molecular flexibility index (Phi) is 18.5. The minimum Gasteiger partial charge on any atom is -0.309 e. The molecule has 0 saturated carbocycles. The molecule has 148 heavy (non-hydrogen) atoms. The summed E-state index contributed by atoms with van der Waals surface area (Å²) in [7, 11) is 0. The Morgan fingerprint density at radius 3 is 0.885 bits per heavy atom. The van der Waals surface area contributed by atoms with Crippen molar-refractivity contribution in [2.75, 3.05) is 0 Å². The fourth-order valence-corrected chi connectivity index (χ4v) is 25.3. The summed E-state index contributed by atoms with van der Waals surface area (Å²) in [5, 5.41) is 40.8. The van der Waals surface area contributed by atoms with Gasteiger partial charge in [-0.2, -0.15) is 0 Å². The van der Waals surface area contributed by atoms with Crippen LogP contribution in [-0.4, -0.2) is 27.4 Å². The highest BCUT2D eigenvalue weighted by Crippen LogP contribution is 2.51. The maximum Gasteiger partial charge on any atom is 0.0626 e. The normalized spacial score (nSPS) is 12.1. The molecule has 6 aromatic heterocycles. The second-order valence-corrected chi connectivity index (χ2v) is 39.6. The molecule has 0 radical (unpaired) electrons. The lowest BCUT2D eigenvalue weighted by molar-refractivity contribution is 1.17. The van der Waals surface area contributed by atoms with Gasteiger partial charge in [-0.1, -0.05) is 394 Å². The van der Waals surface area contributed by atoms with Crippen LogP contribution in [0.2, 0.25) is 0 Å². The fourth-order valence-electron chi connectivity index (χ4n) is 25.3. The first-order valence-corrected chi connectivity index (χ1v) is 51.2. The Balaban J connectivity index is 0.000000100. The minimum absolute atomic E-state index is 1.16. The Bertz CT molecular complexity index is 11200. The molecule has 0 saturated heterocycles. The summed E-state index contributed by atoms with van der Waals surface area (Å²) in [6, 6.07) is 196. The summed E-state index contributed by atoms with van der Waals surface area (Å²) < 4.78 is 14.7. The molecule has 0 aliphatic carbocycles. The summed E-state index contributed by atoms with van der Waals surface area (Å²) in [4.78, 5) is 0. The number of hydrogen-bond donors (Lipinski definition) is 0. The molecule has 0 fully saturated rings. The van der Waals surface area contributed by atoms with Gasteiger partial charge in [-0.25, -0.2) is 0 Å². The van der Waals surface area contributed by atoms with Crippen LogP contribution >= 0.6 is 0 Å². The molecule has 6 nitrogen and oxygen atoms in total. The Morgan fingerprint density at radius 1 is 0.0946 bits per heavy atom. The molecule has 6 heteroatoms. The molecule has 27 aromatic carbocycles. The van der Waals surface area contributed by atoms with Crippen LogP contribution in [0.5, 0.6) is 0 Å². The van der Waals surface area contributed by atoms with E-state index in [4.69, 9.17) is 0 Å². The lowest BCUT2D eigenvalue weighted by Crippen LogP contribution is -1.97. The van der Waals surface area contributed by atoms with Crippen molar-refractivity contribution in [3.8, 4) is 56.4 Å². The smallest absolute Gasteiger partial charge is 0.0626 e. The molecule has 0 aliphatic heterocycles. The standard InChI is InChI=1S/2C48H30N2.C46H28N2/c1-2-14-35(15-3-1)49-44-21-11-10-18-39(44)42-28-34(24-27-45(42)49)31-22-25-36(26-23-31)50-46-30-33-13-5-4-12-32(33)29-43(46)47-40-19-8-6-16-37(40)38-17-7-9-20-41(38)48(47)50;1-2-13-34(14-3-1)49-43-21-11-10-18-39(43)42-30-33(25-28-44(42)49)31-22-26-35(27-23-31)50-45-29-24-32-12-4-5-15-36(32)46(45)47-40-19-8-6-16-37(40)38-17-7-9-20-41(38)48(47)50;1-2-13-31-27-32(23-21-29(31)11-1)47-42-20-10-9-17-37(42)41-28-33(24-26-43(41)47)48-45-34-14-4-3-12-30(34)22-25-40(45)44-38-18-7-5-15-35(38)36-16-6-8-19-39(36)46(44)48/h2*1-30H;1-28H. The summed E-state index contributed by atoms with van der Waals surface area (Å²) in [5.74, 6) is 0. The second-order valence-electron chi connectivity index (χ2n) is 39.6. The maximum atomic E-state index is 2.54. The van der Waals surface area contributed by atoms with Crippen molar-refractivity contribution in [1.82, 2.24) is 27.4 Å². The van der Waals surface area contributed by atoms with Crippen molar-refractivity contribution < 1.29 is 0 Å². The highest BCUT2D eigenvalue weighted by atomic mass is 15.0. The van der Waals surface area contributed by atoms with E-state index in [9.17, 15) is 0 Å². The number of fused-ring (bicyclic) bond motifs is 39. The molecule has 0 amide bonds. The number of hydrogen-bond acceptors (Lipinski definition) is 0. The van der Waals surface area contributed by atoms with E-state index in [-0.39, 0.29) is 0 Å². The summed E-state index contributed by atoms with van der Waals surface area (Å²) in [6.07, 6.45) is 0. The summed E-state index contributed by atoms with van der Waals surface area (Å²) in [6.45, 7) is 0. The van der Waals surface area contributed by atoms with E-state index < -0.39 is 0 Å². The molecular weight excluding hydrogens is 1790 g/mol. The molecule has 33 aromatic rings. The van der Waals surface area contributed by atoms with Crippen LogP contribution in [0.25, 0.3) is 295 Å². The van der Waals surface area contributed by atoms with Crippen molar-refractivity contribution in [1.29, 1.82) is 0 Å². The van der Waals surface area contributed by atoms with Crippen molar-refractivity contribution in [2.45, 2.75) is 0 Å². The average Bonchev–Trinajstić information content (AvgIpc) is 1.55. The third-order valence-corrected chi connectivity index (χ3v) is 31.8. The van der Waals surface area contributed by atoms with E-state index in [2.05, 4.69) is 561 Å². The van der Waals surface area contributed by atoms with Crippen molar-refractivity contribution in [3.63, 3.8) is 0 Å². The first-order chi connectivity index (χ1) is 73.5. The van der Waals surface area contributed by atoms with Gasteiger partial charge in [0.25, 0.3) is 0 Å². The van der Waals surface area contributed by atoms with Gasteiger partial charge in [0.1, 0.15) is 0 Å². The lowest BCUT2D eigenvalue weighted by atomic mass is 9.95. The Labute approximate surface area is 850 Å². The van der Waals surface area contributed by atoms with Gasteiger partial charge in [-0.15, -0.1) is 0 Å². The number of benzene rings is 27. The van der Waals surface area contributed by atoms with Crippen LogP contribution in [0.15, 0.2) is 534 Å². The zero-order chi connectivity index (χ0) is 96.9. The van der Waals surface area contributed by atoms with E-state index in [0.717, 1.165) is 11.4 Å². The third-order valence-electron chi connectivity index (χ3n) is 31.8. The largest absolute Gasteiger partial charge is 0.309 e. The van der Waals surface area contributed by atoms with Crippen LogP contribution in [0.3, 0.4) is 0 Å². The van der Waals surface area contributed by atoms with Gasteiger partial charge in [-0.3, -0.25) is 0 Å².